The number of aliphatic hydroxyl groups is 1. The second kappa shape index (κ2) is 9.25. The van der Waals surface area contributed by atoms with Gasteiger partial charge in [0.05, 0.1) is 19.3 Å². The smallest absolute Gasteiger partial charge is 0.389 e. The molecule has 0 heterocycles. The van der Waals surface area contributed by atoms with Crippen LogP contribution in [0.1, 0.15) is 18.4 Å². The second-order valence-electron chi connectivity index (χ2n) is 4.68. The number of alkyl halides is 3. The molecule has 0 radical (unpaired) electrons. The normalized spacial score (nSPS) is 13.4. The molecule has 1 atom stereocenters. The highest BCUT2D eigenvalue weighted by Crippen LogP contribution is 2.20. The maximum atomic E-state index is 11.9. The third-order valence-corrected chi connectivity index (χ3v) is 3.09. The topological polar surface area (TPSA) is 41.5 Å². The summed E-state index contributed by atoms with van der Waals surface area (Å²) < 4.78 is 41.0. The van der Waals surface area contributed by atoms with Gasteiger partial charge in [-0.15, -0.1) is 0 Å². The Labute approximate surface area is 127 Å². The predicted molar refractivity (Wildman–Crippen MR) is 75.3 cm³/mol. The van der Waals surface area contributed by atoms with Crippen LogP contribution in [0.5, 0.6) is 0 Å². The lowest BCUT2D eigenvalue weighted by molar-refractivity contribution is -0.135. The minimum Gasteiger partial charge on any atom is -0.389 e. The molecule has 21 heavy (non-hydrogen) atoms. The molecule has 0 aliphatic rings. The zero-order valence-corrected chi connectivity index (χ0v) is 12.3. The van der Waals surface area contributed by atoms with Crippen LogP contribution in [0.4, 0.5) is 13.2 Å². The van der Waals surface area contributed by atoms with Crippen molar-refractivity contribution < 1.29 is 23.0 Å². The lowest BCUT2D eigenvalue weighted by atomic mass is 10.2. The standard InChI is InChI=1S/C14H19ClF3NO2/c15-13-5-2-1-4-11(13)9-21-10-12(20)8-19-7-3-6-14(16,17)18/h1-2,4-5,12,19-20H,3,6-10H2. The van der Waals surface area contributed by atoms with Crippen molar-refractivity contribution in [1.82, 2.24) is 5.32 Å². The summed E-state index contributed by atoms with van der Waals surface area (Å²) >= 11 is 5.95. The highest BCUT2D eigenvalue weighted by molar-refractivity contribution is 6.31. The summed E-state index contributed by atoms with van der Waals surface area (Å²) in [7, 11) is 0. The molecule has 1 unspecified atom stereocenters. The molecule has 0 aliphatic heterocycles. The van der Waals surface area contributed by atoms with Crippen LogP contribution in [0.3, 0.4) is 0 Å². The number of rotatable bonds is 9. The Kier molecular flexibility index (Phi) is 8.03. The minimum atomic E-state index is -4.13. The molecule has 2 N–H and O–H groups in total. The summed E-state index contributed by atoms with van der Waals surface area (Å²) in [6.45, 7) is 0.782. The van der Waals surface area contributed by atoms with Gasteiger partial charge in [0.2, 0.25) is 0 Å². The Morgan fingerprint density at radius 3 is 2.67 bits per heavy atom. The fourth-order valence-corrected chi connectivity index (χ4v) is 1.85. The fraction of sp³-hybridized carbons (Fsp3) is 0.571. The first kappa shape index (κ1) is 18.2. The van der Waals surface area contributed by atoms with Crippen LogP contribution in [0, 0.1) is 0 Å². The number of halogens is 4. The van der Waals surface area contributed by atoms with Gasteiger partial charge in [-0.2, -0.15) is 13.2 Å². The SMILES string of the molecule is OC(CNCCCC(F)(F)F)COCc1ccccc1Cl. The predicted octanol–water partition coefficient (Wildman–Crippen LogP) is 3.15. The molecule has 1 aromatic rings. The largest absolute Gasteiger partial charge is 0.389 e. The van der Waals surface area contributed by atoms with E-state index in [1.54, 1.807) is 6.07 Å². The van der Waals surface area contributed by atoms with Crippen LogP contribution in [-0.4, -0.2) is 37.1 Å². The number of benzene rings is 1. The summed E-state index contributed by atoms with van der Waals surface area (Å²) in [6.07, 6.45) is -5.72. The average Bonchev–Trinajstić information content (AvgIpc) is 2.39. The highest BCUT2D eigenvalue weighted by atomic mass is 35.5. The lowest BCUT2D eigenvalue weighted by Gasteiger charge is -2.13. The molecular formula is C14H19ClF3NO2. The molecule has 120 valence electrons. The van der Waals surface area contributed by atoms with E-state index in [0.717, 1.165) is 5.56 Å². The minimum absolute atomic E-state index is 0.00327. The Hall–Kier alpha value is -0.820. The number of hydrogen-bond donors (Lipinski definition) is 2. The summed E-state index contributed by atoms with van der Waals surface area (Å²) in [4.78, 5) is 0. The molecule has 0 saturated carbocycles. The number of nitrogens with one attached hydrogen (secondary N) is 1. The van der Waals surface area contributed by atoms with Crippen molar-refractivity contribution in [3.8, 4) is 0 Å². The fourth-order valence-electron chi connectivity index (χ4n) is 1.66. The van der Waals surface area contributed by atoms with E-state index >= 15 is 0 Å². The molecule has 0 spiro atoms. The van der Waals surface area contributed by atoms with Crippen LogP contribution in [0.2, 0.25) is 5.02 Å². The molecule has 1 aromatic carbocycles. The van der Waals surface area contributed by atoms with Crippen molar-refractivity contribution in [2.24, 2.45) is 0 Å². The molecule has 0 saturated heterocycles. The van der Waals surface area contributed by atoms with Crippen molar-refractivity contribution in [3.63, 3.8) is 0 Å². The molecular weight excluding hydrogens is 307 g/mol. The van der Waals surface area contributed by atoms with Crippen molar-refractivity contribution >= 4 is 11.6 Å². The summed E-state index contributed by atoms with van der Waals surface area (Å²) in [5.74, 6) is 0. The van der Waals surface area contributed by atoms with E-state index in [-0.39, 0.29) is 32.7 Å². The quantitative estimate of drug-likeness (QED) is 0.685. The second-order valence-corrected chi connectivity index (χ2v) is 5.09. The van der Waals surface area contributed by atoms with Crippen molar-refractivity contribution in [1.29, 1.82) is 0 Å². The zero-order chi connectivity index (χ0) is 15.7. The summed E-state index contributed by atoms with van der Waals surface area (Å²) in [5.41, 5.74) is 0.824. The maximum absolute atomic E-state index is 11.9. The van der Waals surface area contributed by atoms with Crippen LogP contribution in [-0.2, 0) is 11.3 Å². The molecule has 0 bridgehead atoms. The van der Waals surface area contributed by atoms with Gasteiger partial charge in [0, 0.05) is 18.0 Å². The van der Waals surface area contributed by atoms with Crippen LogP contribution >= 0.6 is 11.6 Å². The third-order valence-electron chi connectivity index (χ3n) is 2.72. The lowest BCUT2D eigenvalue weighted by Crippen LogP contribution is -2.31. The van der Waals surface area contributed by atoms with E-state index in [1.165, 1.54) is 0 Å². The molecule has 0 fully saturated rings. The molecule has 0 amide bonds. The van der Waals surface area contributed by atoms with Gasteiger partial charge in [0.1, 0.15) is 0 Å². The third kappa shape index (κ3) is 8.93. The zero-order valence-electron chi connectivity index (χ0n) is 11.5. The van der Waals surface area contributed by atoms with Crippen molar-refractivity contribution in [3.05, 3.63) is 34.9 Å². The van der Waals surface area contributed by atoms with Gasteiger partial charge in [-0.05, 0) is 24.6 Å². The van der Waals surface area contributed by atoms with Crippen LogP contribution < -0.4 is 5.32 Å². The van der Waals surface area contributed by atoms with Crippen LogP contribution in [0.25, 0.3) is 0 Å². The average molecular weight is 326 g/mol. The van der Waals surface area contributed by atoms with Gasteiger partial charge < -0.3 is 15.2 Å². The number of ether oxygens (including phenoxy) is 1. The number of aliphatic hydroxyl groups excluding tert-OH is 1. The Morgan fingerprint density at radius 1 is 1.29 bits per heavy atom. The van der Waals surface area contributed by atoms with E-state index in [4.69, 9.17) is 16.3 Å². The van der Waals surface area contributed by atoms with Gasteiger partial charge >= 0.3 is 6.18 Å². The number of hydrogen-bond acceptors (Lipinski definition) is 3. The monoisotopic (exact) mass is 325 g/mol. The van der Waals surface area contributed by atoms with Crippen molar-refractivity contribution in [2.45, 2.75) is 31.7 Å². The first-order valence-electron chi connectivity index (χ1n) is 6.65. The maximum Gasteiger partial charge on any atom is 0.389 e. The van der Waals surface area contributed by atoms with E-state index in [2.05, 4.69) is 5.32 Å². The first-order chi connectivity index (χ1) is 9.88. The molecule has 0 aliphatic carbocycles. The van der Waals surface area contributed by atoms with Crippen molar-refractivity contribution in [2.75, 3.05) is 19.7 Å². The van der Waals surface area contributed by atoms with Gasteiger partial charge in [0.15, 0.2) is 0 Å². The van der Waals surface area contributed by atoms with Gasteiger partial charge in [-0.25, -0.2) is 0 Å². The summed E-state index contributed by atoms with van der Waals surface area (Å²) in [5, 5.41) is 13.0. The van der Waals surface area contributed by atoms with Gasteiger partial charge in [-0.3, -0.25) is 0 Å². The van der Waals surface area contributed by atoms with Crippen LogP contribution in [0.15, 0.2) is 24.3 Å². The molecule has 1 rings (SSSR count). The molecule has 0 aromatic heterocycles. The van der Waals surface area contributed by atoms with E-state index < -0.39 is 18.7 Å². The van der Waals surface area contributed by atoms with Gasteiger partial charge in [-0.1, -0.05) is 29.8 Å². The summed E-state index contributed by atoms with van der Waals surface area (Å²) in [6, 6.07) is 7.22. The Bertz CT molecular complexity index is 415. The first-order valence-corrected chi connectivity index (χ1v) is 7.03. The van der Waals surface area contributed by atoms with E-state index in [0.29, 0.717) is 5.02 Å². The van der Waals surface area contributed by atoms with E-state index in [1.807, 2.05) is 18.2 Å². The molecule has 7 heteroatoms. The molecule has 3 nitrogen and oxygen atoms in total. The Morgan fingerprint density at radius 2 is 2.00 bits per heavy atom. The highest BCUT2D eigenvalue weighted by Gasteiger charge is 2.25. The Balaban J connectivity index is 2.06. The van der Waals surface area contributed by atoms with Gasteiger partial charge in [0.25, 0.3) is 0 Å². The van der Waals surface area contributed by atoms with E-state index in [9.17, 15) is 18.3 Å².